The number of hydrogen-bond acceptors (Lipinski definition) is 5. The number of carbonyl (C=O) groups excluding carboxylic acids is 1. The number of hydrogen-bond donors (Lipinski definition) is 2. The molecule has 0 saturated heterocycles. The van der Waals surface area contributed by atoms with Crippen LogP contribution >= 0.6 is 47.8 Å². The summed E-state index contributed by atoms with van der Waals surface area (Å²) in [5, 5.41) is 9.42. The summed E-state index contributed by atoms with van der Waals surface area (Å²) in [6, 6.07) is 3.59. The van der Waals surface area contributed by atoms with E-state index in [-0.39, 0.29) is 11.5 Å². The number of nitrogens with one attached hydrogen (secondary N) is 1. The van der Waals surface area contributed by atoms with Crippen molar-refractivity contribution >= 4 is 65.2 Å². The molecule has 2 aromatic rings. The van der Waals surface area contributed by atoms with Crippen LogP contribution < -0.4 is 11.1 Å². The van der Waals surface area contributed by atoms with Gasteiger partial charge in [0.15, 0.2) is 0 Å². The smallest absolute Gasteiger partial charge is 0.281 e. The van der Waals surface area contributed by atoms with E-state index >= 15 is 0 Å². The zero-order valence-corrected chi connectivity index (χ0v) is 13.3. The molecule has 0 aliphatic heterocycles. The highest BCUT2D eigenvalue weighted by Gasteiger charge is 2.18. The van der Waals surface area contributed by atoms with Crippen LogP contribution in [0.15, 0.2) is 30.2 Å². The quantitative estimate of drug-likeness (QED) is 0.748. The third-order valence-corrected chi connectivity index (χ3v) is 3.68. The van der Waals surface area contributed by atoms with Crippen molar-refractivity contribution in [2.75, 3.05) is 11.1 Å². The molecule has 1 aromatic carbocycles. The van der Waals surface area contributed by atoms with Crippen LogP contribution in [0.25, 0.3) is 0 Å². The van der Waals surface area contributed by atoms with Crippen LogP contribution in [0.2, 0.25) is 0 Å². The van der Waals surface area contributed by atoms with Crippen molar-refractivity contribution in [3.8, 4) is 0 Å². The number of rotatable bonds is 2. The van der Waals surface area contributed by atoms with E-state index in [1.807, 2.05) is 0 Å². The van der Waals surface area contributed by atoms with Gasteiger partial charge in [0, 0.05) is 13.4 Å². The summed E-state index contributed by atoms with van der Waals surface area (Å²) in [5.74, 6) is -0.561. The second-order valence-corrected chi connectivity index (χ2v) is 5.82. The van der Waals surface area contributed by atoms with Crippen LogP contribution in [0, 0.1) is 0 Å². The standard InChI is InChI=1S/C9H5Br3N4O2/c10-3-1-4(11)6(5(12)2-3)14-9(17)7-8(13)16-18-15-7/h1-2H,(H2,13,16)(H,14,17). The largest absolute Gasteiger partial charge is 0.379 e. The molecular formula is C9H5Br3N4O2. The van der Waals surface area contributed by atoms with Gasteiger partial charge in [-0.3, -0.25) is 4.79 Å². The van der Waals surface area contributed by atoms with E-state index in [9.17, 15) is 4.79 Å². The summed E-state index contributed by atoms with van der Waals surface area (Å²) in [6.07, 6.45) is 0. The average molecular weight is 441 g/mol. The lowest BCUT2D eigenvalue weighted by atomic mass is 10.3. The summed E-state index contributed by atoms with van der Waals surface area (Å²) < 4.78 is 6.63. The fourth-order valence-electron chi connectivity index (χ4n) is 1.19. The van der Waals surface area contributed by atoms with E-state index in [0.717, 1.165) is 4.47 Å². The van der Waals surface area contributed by atoms with E-state index in [0.29, 0.717) is 14.6 Å². The van der Waals surface area contributed by atoms with Gasteiger partial charge in [0.25, 0.3) is 5.91 Å². The van der Waals surface area contributed by atoms with Crippen LogP contribution in [-0.2, 0) is 0 Å². The van der Waals surface area contributed by atoms with Gasteiger partial charge in [0.2, 0.25) is 11.5 Å². The molecule has 0 atom stereocenters. The molecule has 1 aromatic heterocycles. The monoisotopic (exact) mass is 438 g/mol. The third-order valence-electron chi connectivity index (χ3n) is 1.97. The van der Waals surface area contributed by atoms with Gasteiger partial charge in [-0.15, -0.1) is 0 Å². The maximum absolute atomic E-state index is 11.9. The number of nitrogens with two attached hydrogens (primary N) is 1. The maximum Gasteiger partial charge on any atom is 0.281 e. The molecule has 1 amide bonds. The molecule has 0 aliphatic rings. The second kappa shape index (κ2) is 5.37. The lowest BCUT2D eigenvalue weighted by molar-refractivity contribution is 0.101. The van der Waals surface area contributed by atoms with Crippen molar-refractivity contribution in [2.45, 2.75) is 0 Å². The molecule has 6 nitrogen and oxygen atoms in total. The Morgan fingerprint density at radius 2 is 1.83 bits per heavy atom. The second-order valence-electron chi connectivity index (χ2n) is 3.20. The first-order chi connectivity index (χ1) is 8.49. The topological polar surface area (TPSA) is 94.0 Å². The number of nitrogen functional groups attached to an aromatic ring is 1. The first kappa shape index (κ1) is 13.5. The van der Waals surface area contributed by atoms with E-state index in [2.05, 4.69) is 68.0 Å². The normalized spacial score (nSPS) is 10.4. The molecule has 18 heavy (non-hydrogen) atoms. The van der Waals surface area contributed by atoms with Gasteiger partial charge in [-0.05, 0) is 54.3 Å². The maximum atomic E-state index is 11.9. The Morgan fingerprint density at radius 1 is 1.22 bits per heavy atom. The first-order valence-electron chi connectivity index (χ1n) is 4.53. The molecule has 9 heteroatoms. The lowest BCUT2D eigenvalue weighted by Crippen LogP contribution is -2.15. The predicted octanol–water partition coefficient (Wildman–Crippen LogP) is 3.19. The Kier molecular flexibility index (Phi) is 4.03. The van der Waals surface area contributed by atoms with E-state index < -0.39 is 5.91 Å². The minimum absolute atomic E-state index is 0.0585. The highest BCUT2D eigenvalue weighted by atomic mass is 79.9. The SMILES string of the molecule is Nc1nonc1C(=O)Nc1c(Br)cc(Br)cc1Br. The predicted molar refractivity (Wildman–Crippen MR) is 76.2 cm³/mol. The number of benzene rings is 1. The molecule has 0 fully saturated rings. The van der Waals surface area contributed by atoms with Gasteiger partial charge in [-0.1, -0.05) is 15.9 Å². The van der Waals surface area contributed by atoms with Crippen LogP contribution in [0.1, 0.15) is 10.5 Å². The molecule has 0 bridgehead atoms. The Bertz CT molecular complexity index is 591. The van der Waals surface area contributed by atoms with Gasteiger partial charge in [0.05, 0.1) is 5.69 Å². The van der Waals surface area contributed by atoms with Crippen LogP contribution in [0.5, 0.6) is 0 Å². The van der Waals surface area contributed by atoms with Crippen molar-refractivity contribution in [3.63, 3.8) is 0 Å². The Balaban J connectivity index is 2.31. The van der Waals surface area contributed by atoms with Crippen molar-refractivity contribution in [1.29, 1.82) is 0 Å². The molecule has 0 unspecified atom stereocenters. The summed E-state index contributed by atoms with van der Waals surface area (Å²) in [6.45, 7) is 0. The zero-order valence-electron chi connectivity index (χ0n) is 8.58. The molecule has 94 valence electrons. The summed E-state index contributed by atoms with van der Waals surface area (Å²) in [5.41, 5.74) is 5.94. The van der Waals surface area contributed by atoms with Gasteiger partial charge < -0.3 is 11.1 Å². The number of amides is 1. The fourth-order valence-corrected chi connectivity index (χ4v) is 3.64. The fraction of sp³-hybridized carbons (Fsp3) is 0. The first-order valence-corrected chi connectivity index (χ1v) is 6.91. The molecule has 0 radical (unpaired) electrons. The average Bonchev–Trinajstić information content (AvgIpc) is 2.69. The van der Waals surface area contributed by atoms with Crippen LogP contribution in [0.4, 0.5) is 11.5 Å². The molecule has 1 heterocycles. The zero-order chi connectivity index (χ0) is 13.3. The minimum atomic E-state index is -0.502. The number of nitrogens with zero attached hydrogens (tertiary/aromatic N) is 2. The molecule has 3 N–H and O–H groups in total. The molecule has 0 aliphatic carbocycles. The number of aromatic nitrogens is 2. The molecule has 0 saturated carbocycles. The molecule has 0 spiro atoms. The Morgan fingerprint density at radius 3 is 2.33 bits per heavy atom. The lowest BCUT2D eigenvalue weighted by Gasteiger charge is -2.09. The Labute approximate surface area is 127 Å². The summed E-state index contributed by atoms with van der Waals surface area (Å²) >= 11 is 10.0. The van der Waals surface area contributed by atoms with Crippen molar-refractivity contribution in [2.24, 2.45) is 0 Å². The van der Waals surface area contributed by atoms with Gasteiger partial charge in [-0.2, -0.15) is 0 Å². The third kappa shape index (κ3) is 2.73. The Hall–Kier alpha value is -0.930. The van der Waals surface area contributed by atoms with Crippen molar-refractivity contribution < 1.29 is 9.42 Å². The molecule has 2 rings (SSSR count). The number of anilines is 2. The molecular weight excluding hydrogens is 436 g/mol. The van der Waals surface area contributed by atoms with Crippen LogP contribution in [-0.4, -0.2) is 16.2 Å². The van der Waals surface area contributed by atoms with E-state index in [1.54, 1.807) is 12.1 Å². The van der Waals surface area contributed by atoms with Crippen molar-refractivity contribution in [3.05, 3.63) is 31.2 Å². The number of halogens is 3. The van der Waals surface area contributed by atoms with E-state index in [4.69, 9.17) is 5.73 Å². The van der Waals surface area contributed by atoms with Crippen molar-refractivity contribution in [1.82, 2.24) is 10.3 Å². The number of carbonyl (C=O) groups is 1. The highest BCUT2D eigenvalue weighted by molar-refractivity contribution is 9.11. The van der Waals surface area contributed by atoms with Gasteiger partial charge in [-0.25, -0.2) is 4.63 Å². The summed E-state index contributed by atoms with van der Waals surface area (Å²) in [7, 11) is 0. The highest BCUT2D eigenvalue weighted by Crippen LogP contribution is 2.34. The van der Waals surface area contributed by atoms with Gasteiger partial charge in [0.1, 0.15) is 0 Å². The summed E-state index contributed by atoms with van der Waals surface area (Å²) in [4.78, 5) is 11.9. The van der Waals surface area contributed by atoms with Crippen LogP contribution in [0.3, 0.4) is 0 Å². The van der Waals surface area contributed by atoms with E-state index in [1.165, 1.54) is 0 Å². The van der Waals surface area contributed by atoms with Gasteiger partial charge >= 0.3 is 0 Å². The minimum Gasteiger partial charge on any atom is -0.379 e.